The van der Waals surface area contributed by atoms with Gasteiger partial charge in [0.05, 0.1) is 47.7 Å². The van der Waals surface area contributed by atoms with E-state index in [1.54, 1.807) is 16.9 Å². The Labute approximate surface area is 234 Å². The third-order valence-electron chi connectivity index (χ3n) is 7.71. The highest BCUT2D eigenvalue weighted by Crippen LogP contribution is 2.28. The van der Waals surface area contributed by atoms with Gasteiger partial charge in [-0.25, -0.2) is 4.98 Å². The van der Waals surface area contributed by atoms with E-state index in [0.29, 0.717) is 36.9 Å². The molecule has 5 heterocycles. The number of aryl methyl sites for hydroxylation is 2. The normalized spacial score (nSPS) is 19.3. The Morgan fingerprint density at radius 3 is 2.73 bits per heavy atom. The molecule has 0 aliphatic carbocycles. The number of carbonyl (C=O) groups is 1. The lowest BCUT2D eigenvalue weighted by atomic mass is 10.1. The second kappa shape index (κ2) is 11.0. The highest BCUT2D eigenvalue weighted by atomic mass is 16.5. The van der Waals surface area contributed by atoms with Gasteiger partial charge in [-0.1, -0.05) is 6.07 Å². The molecule has 0 radical (unpaired) electrons. The van der Waals surface area contributed by atoms with Gasteiger partial charge in [0.15, 0.2) is 0 Å². The number of fused-ring (bicyclic) bond motifs is 7. The van der Waals surface area contributed by atoms with Crippen molar-refractivity contribution in [2.45, 2.75) is 33.0 Å². The van der Waals surface area contributed by atoms with Crippen LogP contribution in [0.4, 0.5) is 11.8 Å². The summed E-state index contributed by atoms with van der Waals surface area (Å²) in [5.74, 6) is 1.11. The molecule has 2 aliphatic heterocycles. The first kappa shape index (κ1) is 26.4. The maximum atomic E-state index is 13.6. The standard InChI is InChI=1S/C29H37N9O2/c1-19-13-22-15-25(32-19)23-16-31-36(4)27(23)30-7-12-40-20(2)17-38-26-14-21(18-37-10-8-35(3)9-11-37)5-6-24(26)33-29(38)34-28(22)39/h5-6,13-16,20,30H,7-12,17-18H2,1-4H3,(H,33,34,39)/t20-/m0/s1. The molecule has 1 fully saturated rings. The molecule has 4 aromatic rings. The molecule has 40 heavy (non-hydrogen) atoms. The first-order valence-corrected chi connectivity index (χ1v) is 13.9. The van der Waals surface area contributed by atoms with Crippen molar-refractivity contribution in [2.24, 2.45) is 7.05 Å². The number of piperazine rings is 1. The zero-order valence-electron chi connectivity index (χ0n) is 23.6. The van der Waals surface area contributed by atoms with Crippen LogP contribution >= 0.6 is 0 Å². The first-order chi connectivity index (χ1) is 19.3. The molecule has 1 amide bonds. The van der Waals surface area contributed by atoms with Crippen LogP contribution in [0.2, 0.25) is 0 Å². The molecule has 1 atom stereocenters. The molecule has 2 bridgehead atoms. The van der Waals surface area contributed by atoms with Gasteiger partial charge in [0, 0.05) is 57.6 Å². The Bertz CT molecular complexity index is 1530. The summed E-state index contributed by atoms with van der Waals surface area (Å²) < 4.78 is 10.1. The van der Waals surface area contributed by atoms with Gasteiger partial charge >= 0.3 is 0 Å². The second-order valence-electron chi connectivity index (χ2n) is 10.9. The van der Waals surface area contributed by atoms with Crippen molar-refractivity contribution >= 4 is 28.7 Å². The van der Waals surface area contributed by atoms with E-state index in [-0.39, 0.29) is 12.0 Å². The van der Waals surface area contributed by atoms with Crippen molar-refractivity contribution in [3.05, 3.63) is 53.3 Å². The van der Waals surface area contributed by atoms with Crippen LogP contribution in [0.3, 0.4) is 0 Å². The molecule has 11 heteroatoms. The number of nitrogens with zero attached hydrogens (tertiary/aromatic N) is 7. The SMILES string of the molecule is Cc1cc2cc(n1)-c1cnn(C)c1NCCO[C@@H](C)Cn1c(nc3ccc(CN4CCN(C)CC4)cc31)NC2=O. The van der Waals surface area contributed by atoms with Gasteiger partial charge in [-0.15, -0.1) is 0 Å². The second-order valence-corrected chi connectivity index (χ2v) is 10.9. The lowest BCUT2D eigenvalue weighted by molar-refractivity contribution is 0.0625. The van der Waals surface area contributed by atoms with E-state index in [2.05, 4.69) is 62.3 Å². The summed E-state index contributed by atoms with van der Waals surface area (Å²) in [5, 5.41) is 10.9. The van der Waals surface area contributed by atoms with Crippen LogP contribution in [0.15, 0.2) is 36.5 Å². The van der Waals surface area contributed by atoms with Crippen molar-refractivity contribution in [3.63, 3.8) is 0 Å². The predicted molar refractivity (Wildman–Crippen MR) is 156 cm³/mol. The fourth-order valence-electron chi connectivity index (χ4n) is 5.50. The third-order valence-corrected chi connectivity index (χ3v) is 7.71. The van der Waals surface area contributed by atoms with Crippen LogP contribution in [-0.4, -0.2) is 92.5 Å². The average Bonchev–Trinajstić information content (AvgIpc) is 3.46. The predicted octanol–water partition coefficient (Wildman–Crippen LogP) is 2.97. The van der Waals surface area contributed by atoms with E-state index in [9.17, 15) is 4.79 Å². The molecule has 6 rings (SSSR count). The number of pyridine rings is 1. The molecule has 2 aliphatic rings. The Hall–Kier alpha value is -3.80. The molecule has 11 nitrogen and oxygen atoms in total. The molecule has 210 valence electrons. The summed E-state index contributed by atoms with van der Waals surface area (Å²) in [6, 6.07) is 10.0. The van der Waals surface area contributed by atoms with E-state index in [1.165, 1.54) is 5.56 Å². The number of hydrogen-bond donors (Lipinski definition) is 2. The lowest BCUT2D eigenvalue weighted by Gasteiger charge is -2.32. The lowest BCUT2D eigenvalue weighted by Crippen LogP contribution is -2.43. The first-order valence-electron chi connectivity index (χ1n) is 13.9. The summed E-state index contributed by atoms with van der Waals surface area (Å²) >= 11 is 0. The molecule has 0 spiro atoms. The molecule has 3 aromatic heterocycles. The number of imidazole rings is 1. The molecule has 0 saturated carbocycles. The van der Waals surface area contributed by atoms with E-state index in [1.807, 2.05) is 20.0 Å². The minimum Gasteiger partial charge on any atom is -0.375 e. The number of anilines is 2. The van der Waals surface area contributed by atoms with Gasteiger partial charge in [-0.2, -0.15) is 5.10 Å². The molecule has 2 N–H and O–H groups in total. The van der Waals surface area contributed by atoms with Crippen molar-refractivity contribution < 1.29 is 9.53 Å². The van der Waals surface area contributed by atoms with Crippen LogP contribution in [0.5, 0.6) is 0 Å². The number of ether oxygens (including phenoxy) is 1. The Balaban J connectivity index is 1.36. The van der Waals surface area contributed by atoms with Crippen LogP contribution < -0.4 is 10.6 Å². The van der Waals surface area contributed by atoms with Crippen LogP contribution in [-0.2, 0) is 24.9 Å². The fraction of sp³-hybridized carbons (Fsp3) is 0.448. The van der Waals surface area contributed by atoms with E-state index in [4.69, 9.17) is 14.7 Å². The smallest absolute Gasteiger partial charge is 0.258 e. The summed E-state index contributed by atoms with van der Waals surface area (Å²) in [4.78, 5) is 28.0. The zero-order valence-corrected chi connectivity index (χ0v) is 23.6. The number of likely N-dealkylation sites (N-methyl/N-ethyl adjacent to an activating group) is 1. The van der Waals surface area contributed by atoms with Crippen molar-refractivity contribution in [1.82, 2.24) is 34.1 Å². The van der Waals surface area contributed by atoms with Gasteiger partial charge in [-0.05, 0) is 50.7 Å². The number of hydrogen-bond acceptors (Lipinski definition) is 8. The molecular formula is C29H37N9O2. The zero-order chi connectivity index (χ0) is 27.8. The van der Waals surface area contributed by atoms with E-state index >= 15 is 0 Å². The van der Waals surface area contributed by atoms with Gasteiger partial charge in [0.2, 0.25) is 5.95 Å². The molecule has 1 aromatic carbocycles. The number of benzene rings is 1. The third kappa shape index (κ3) is 5.45. The summed E-state index contributed by atoms with van der Waals surface area (Å²) in [6.07, 6.45) is 1.67. The minimum atomic E-state index is -0.234. The molecule has 0 unspecified atom stereocenters. The van der Waals surface area contributed by atoms with Gasteiger partial charge < -0.3 is 19.5 Å². The van der Waals surface area contributed by atoms with Crippen molar-refractivity contribution in [3.8, 4) is 11.3 Å². The highest BCUT2D eigenvalue weighted by Gasteiger charge is 2.21. The number of aromatic nitrogens is 5. The van der Waals surface area contributed by atoms with Crippen LogP contribution in [0.25, 0.3) is 22.3 Å². The van der Waals surface area contributed by atoms with Gasteiger partial charge in [-0.3, -0.25) is 24.7 Å². The largest absolute Gasteiger partial charge is 0.375 e. The number of nitrogens with one attached hydrogen (secondary N) is 2. The van der Waals surface area contributed by atoms with E-state index in [0.717, 1.165) is 60.8 Å². The maximum absolute atomic E-state index is 13.6. The fourth-order valence-corrected chi connectivity index (χ4v) is 5.50. The monoisotopic (exact) mass is 543 g/mol. The summed E-state index contributed by atoms with van der Waals surface area (Å²) in [7, 11) is 4.06. The Kier molecular flexibility index (Phi) is 7.26. The molecular weight excluding hydrogens is 506 g/mol. The van der Waals surface area contributed by atoms with Gasteiger partial charge in [0.25, 0.3) is 5.91 Å². The number of carbonyl (C=O) groups excluding carboxylic acids is 1. The number of rotatable bonds is 2. The average molecular weight is 544 g/mol. The van der Waals surface area contributed by atoms with Crippen LogP contribution in [0, 0.1) is 6.92 Å². The highest BCUT2D eigenvalue weighted by molar-refractivity contribution is 6.05. The Morgan fingerprint density at radius 2 is 1.90 bits per heavy atom. The number of amides is 1. The topological polar surface area (TPSA) is 105 Å². The van der Waals surface area contributed by atoms with E-state index < -0.39 is 0 Å². The van der Waals surface area contributed by atoms with Crippen molar-refractivity contribution in [1.29, 1.82) is 0 Å². The quantitative estimate of drug-likeness (QED) is 0.398. The summed E-state index contributed by atoms with van der Waals surface area (Å²) in [5.41, 5.74) is 5.87. The maximum Gasteiger partial charge on any atom is 0.258 e. The van der Waals surface area contributed by atoms with Gasteiger partial charge in [0.1, 0.15) is 5.82 Å². The minimum absolute atomic E-state index is 0.0998. The summed E-state index contributed by atoms with van der Waals surface area (Å²) in [6.45, 7) is 10.8. The Morgan fingerprint density at radius 1 is 1.07 bits per heavy atom. The van der Waals surface area contributed by atoms with Crippen molar-refractivity contribution in [2.75, 3.05) is 57.0 Å². The molecule has 1 saturated heterocycles. The van der Waals surface area contributed by atoms with Crippen LogP contribution in [0.1, 0.15) is 28.5 Å².